The second-order valence-electron chi connectivity index (χ2n) is 16.1. The van der Waals surface area contributed by atoms with Crippen LogP contribution in [0, 0.1) is 5.92 Å². The van der Waals surface area contributed by atoms with Crippen molar-refractivity contribution in [3.05, 3.63) is 82.4 Å². The summed E-state index contributed by atoms with van der Waals surface area (Å²) >= 11 is 0. The number of hydrogen-bond donors (Lipinski definition) is 2. The molecule has 0 aromatic heterocycles. The molecular weight excluding hydrogens is 523 g/mol. The summed E-state index contributed by atoms with van der Waals surface area (Å²) in [4.78, 5) is 20.9. The smallest absolute Gasteiger partial charge is 0.324 e. The third-order valence-corrected chi connectivity index (χ3v) is 9.99. The van der Waals surface area contributed by atoms with Crippen LogP contribution in [0.2, 0.25) is 0 Å². The lowest BCUT2D eigenvalue weighted by atomic mass is 9.59. The van der Waals surface area contributed by atoms with E-state index in [1.165, 1.54) is 27.8 Å². The summed E-state index contributed by atoms with van der Waals surface area (Å²) in [7, 11) is -4.30. The predicted molar refractivity (Wildman–Crippen MR) is 179 cm³/mol. The van der Waals surface area contributed by atoms with Crippen molar-refractivity contribution < 1.29 is 14.4 Å². The molecule has 3 nitrogen and oxygen atoms in total. The molecule has 2 rings (SSSR count). The lowest BCUT2D eigenvalue weighted by molar-refractivity contribution is 0.301. The van der Waals surface area contributed by atoms with Gasteiger partial charge in [-0.25, -0.2) is 0 Å². The normalized spacial score (nSPS) is 15.9. The summed E-state index contributed by atoms with van der Waals surface area (Å²) in [5.74, 6) is -0.246. The van der Waals surface area contributed by atoms with Crippen LogP contribution in [-0.2, 0) is 31.6 Å². The maximum Gasteiger partial charge on any atom is 0.325 e. The highest BCUT2D eigenvalue weighted by atomic mass is 31.2. The van der Waals surface area contributed by atoms with E-state index in [1.54, 1.807) is 0 Å². The molecule has 230 valence electrons. The first-order chi connectivity index (χ1) is 18.4. The molecule has 0 fully saturated rings. The van der Waals surface area contributed by atoms with E-state index in [9.17, 15) is 14.4 Å². The Balaban J connectivity index is 3.19. The van der Waals surface area contributed by atoms with Crippen LogP contribution in [0.25, 0.3) is 0 Å². The Kier molecular flexibility index (Phi) is 10.5. The van der Waals surface area contributed by atoms with Crippen molar-refractivity contribution >= 4 is 7.60 Å². The van der Waals surface area contributed by atoms with Gasteiger partial charge in [0, 0.05) is 10.8 Å². The third kappa shape index (κ3) is 8.25. The van der Waals surface area contributed by atoms with Gasteiger partial charge in [0.1, 0.15) is 0 Å². The number of allylic oxidation sites excluding steroid dienone is 1. The Morgan fingerprint density at radius 2 is 1.17 bits per heavy atom. The summed E-state index contributed by atoms with van der Waals surface area (Å²) in [5.41, 5.74) is 6.08. The third-order valence-electron chi connectivity index (χ3n) is 9.08. The van der Waals surface area contributed by atoms with Gasteiger partial charge < -0.3 is 9.79 Å². The van der Waals surface area contributed by atoms with Crippen molar-refractivity contribution in [2.75, 3.05) is 6.16 Å². The topological polar surface area (TPSA) is 57.5 Å². The second-order valence-corrected chi connectivity index (χ2v) is 17.8. The minimum Gasteiger partial charge on any atom is -0.324 e. The molecule has 0 aliphatic rings. The first-order valence-corrected chi connectivity index (χ1v) is 17.2. The highest BCUT2D eigenvalue weighted by Crippen LogP contribution is 2.53. The van der Waals surface area contributed by atoms with Crippen LogP contribution in [0.3, 0.4) is 0 Å². The highest BCUT2D eigenvalue weighted by molar-refractivity contribution is 7.51. The van der Waals surface area contributed by atoms with E-state index >= 15 is 0 Å². The van der Waals surface area contributed by atoms with Gasteiger partial charge in [0.2, 0.25) is 0 Å². The van der Waals surface area contributed by atoms with Gasteiger partial charge in [0.05, 0.1) is 6.16 Å². The van der Waals surface area contributed by atoms with Crippen LogP contribution in [0.5, 0.6) is 0 Å². The Bertz CT molecular complexity index is 1260. The highest BCUT2D eigenvalue weighted by Gasteiger charge is 2.45. The molecule has 0 aliphatic heterocycles. The van der Waals surface area contributed by atoms with Crippen molar-refractivity contribution in [3.8, 4) is 0 Å². The van der Waals surface area contributed by atoms with Gasteiger partial charge in [-0.1, -0.05) is 145 Å². The van der Waals surface area contributed by atoms with E-state index in [4.69, 9.17) is 0 Å². The van der Waals surface area contributed by atoms with Crippen LogP contribution in [0.15, 0.2) is 49.1 Å². The predicted octanol–water partition coefficient (Wildman–Crippen LogP) is 10.3. The van der Waals surface area contributed by atoms with E-state index in [1.807, 2.05) is 6.08 Å². The molecule has 41 heavy (non-hydrogen) atoms. The lowest BCUT2D eigenvalue weighted by Gasteiger charge is -2.45. The Hall–Kier alpha value is -1.67. The molecule has 2 N–H and O–H groups in total. The Morgan fingerprint density at radius 1 is 0.732 bits per heavy atom. The van der Waals surface area contributed by atoms with Crippen molar-refractivity contribution in [3.63, 3.8) is 0 Å². The zero-order valence-corrected chi connectivity index (χ0v) is 29.3. The number of benzene rings is 2. The van der Waals surface area contributed by atoms with Crippen molar-refractivity contribution in [1.82, 2.24) is 0 Å². The summed E-state index contributed by atoms with van der Waals surface area (Å²) in [6.45, 7) is 33.1. The lowest BCUT2D eigenvalue weighted by Crippen LogP contribution is -2.40. The quantitative estimate of drug-likeness (QED) is 0.216. The fourth-order valence-corrected chi connectivity index (χ4v) is 7.23. The maximum absolute atomic E-state index is 12.8. The van der Waals surface area contributed by atoms with Crippen LogP contribution >= 0.6 is 7.60 Å². The number of hydrogen-bond acceptors (Lipinski definition) is 1. The van der Waals surface area contributed by atoms with Crippen LogP contribution < -0.4 is 0 Å². The molecule has 0 radical (unpaired) electrons. The molecule has 0 saturated heterocycles. The van der Waals surface area contributed by atoms with Crippen molar-refractivity contribution in [1.29, 1.82) is 0 Å². The van der Waals surface area contributed by atoms with E-state index in [-0.39, 0.29) is 33.7 Å². The fourth-order valence-electron chi connectivity index (χ4n) is 6.11. The summed E-state index contributed by atoms with van der Waals surface area (Å²) in [6, 6.07) is 13.7. The molecular formula is C37H59O3P. The first-order valence-electron chi connectivity index (χ1n) is 15.4. The van der Waals surface area contributed by atoms with Gasteiger partial charge in [0.15, 0.2) is 0 Å². The number of unbranched alkanes of at least 4 members (excludes halogenated alkanes) is 1. The molecule has 2 aromatic rings. The summed E-state index contributed by atoms with van der Waals surface area (Å²) in [6.07, 6.45) is 4.48. The largest absolute Gasteiger partial charge is 0.325 e. The van der Waals surface area contributed by atoms with E-state index < -0.39 is 13.0 Å². The monoisotopic (exact) mass is 582 g/mol. The molecule has 0 bridgehead atoms. The SMILES string of the molecule is C=CC(C)(C)c1ccc(C(C)(c2ccc(C(C)(C)C)cc2C(C)(C)C)C(CCCC)CP(=O)(O)O)c(C(C)(C)C)c1. The van der Waals surface area contributed by atoms with Crippen LogP contribution in [0.1, 0.15) is 143 Å². The zero-order chi connectivity index (χ0) is 31.8. The zero-order valence-electron chi connectivity index (χ0n) is 28.4. The van der Waals surface area contributed by atoms with E-state index in [2.05, 4.69) is 133 Å². The van der Waals surface area contributed by atoms with Crippen LogP contribution in [-0.4, -0.2) is 15.9 Å². The standard InChI is InChI=1S/C37H59O3P/c1-15-17-18-28(25-41(38,39)40)37(14,29-21-19-26(33(3,4)5)23-31(29)34(6,7)8)30-22-20-27(36(12,13)16-2)24-32(30)35(9,10)11/h16,19-24,28H,2,15,17-18,25H2,1,3-14H3,(H2,38,39,40). The van der Waals surface area contributed by atoms with Crippen molar-refractivity contribution in [2.45, 2.75) is 136 Å². The molecule has 0 amide bonds. The molecule has 2 aromatic carbocycles. The minimum atomic E-state index is -4.30. The van der Waals surface area contributed by atoms with Gasteiger partial charge in [-0.05, 0) is 62.0 Å². The van der Waals surface area contributed by atoms with E-state index in [0.29, 0.717) is 0 Å². The van der Waals surface area contributed by atoms with Crippen LogP contribution in [0.4, 0.5) is 0 Å². The van der Waals surface area contributed by atoms with E-state index in [0.717, 1.165) is 24.8 Å². The molecule has 0 aliphatic carbocycles. The molecule has 0 spiro atoms. The molecule has 4 heteroatoms. The van der Waals surface area contributed by atoms with Gasteiger partial charge >= 0.3 is 7.60 Å². The van der Waals surface area contributed by atoms with Gasteiger partial charge in [0.25, 0.3) is 0 Å². The molecule has 0 heterocycles. The second kappa shape index (κ2) is 12.1. The van der Waals surface area contributed by atoms with Gasteiger partial charge in [-0.2, -0.15) is 0 Å². The number of rotatable bonds is 10. The summed E-state index contributed by atoms with van der Waals surface area (Å²) in [5, 5.41) is 0. The Morgan fingerprint density at radius 3 is 1.54 bits per heavy atom. The average Bonchev–Trinajstić information content (AvgIpc) is 2.83. The fraction of sp³-hybridized carbons (Fsp3) is 0.622. The molecule has 2 atom stereocenters. The summed E-state index contributed by atoms with van der Waals surface area (Å²) < 4.78 is 12.8. The maximum atomic E-state index is 12.8. The Labute approximate surface area is 252 Å². The van der Waals surface area contributed by atoms with Gasteiger partial charge in [-0.15, -0.1) is 6.58 Å². The first kappa shape index (κ1) is 35.5. The molecule has 2 unspecified atom stereocenters. The average molecular weight is 583 g/mol. The van der Waals surface area contributed by atoms with Gasteiger partial charge in [-0.3, -0.25) is 4.57 Å². The molecule has 0 saturated carbocycles. The minimum absolute atomic E-state index is 0.0169. The van der Waals surface area contributed by atoms with Crippen molar-refractivity contribution in [2.24, 2.45) is 5.92 Å².